The molecule has 0 aliphatic carbocycles. The zero-order chi connectivity index (χ0) is 13.9. The second kappa shape index (κ2) is 5.53. The van der Waals surface area contributed by atoms with E-state index in [4.69, 9.17) is 0 Å². The first-order chi connectivity index (χ1) is 9.11. The van der Waals surface area contributed by atoms with Gasteiger partial charge in [0, 0.05) is 0 Å². The van der Waals surface area contributed by atoms with Crippen molar-refractivity contribution in [2.45, 2.75) is 11.5 Å². The van der Waals surface area contributed by atoms with Gasteiger partial charge in [-0.1, -0.05) is 0 Å². The Labute approximate surface area is 115 Å². The molecule has 0 atom stereocenters. The summed E-state index contributed by atoms with van der Waals surface area (Å²) in [4.78, 5) is 22.4. The van der Waals surface area contributed by atoms with Gasteiger partial charge in [0.05, 0.1) is 0 Å². The molecule has 19 heavy (non-hydrogen) atoms. The zero-order valence-electron chi connectivity index (χ0n) is 11.1. The fourth-order valence-corrected chi connectivity index (χ4v) is 8.87. The summed E-state index contributed by atoms with van der Waals surface area (Å²) in [7, 11) is 0. The summed E-state index contributed by atoms with van der Waals surface area (Å²) in [6.45, 7) is 0. The first-order valence-electron chi connectivity index (χ1n) is 6.20. The van der Waals surface area contributed by atoms with Gasteiger partial charge in [0.15, 0.2) is 0 Å². The maximum absolute atomic E-state index is 11.2. The van der Waals surface area contributed by atoms with Crippen molar-refractivity contribution in [3.05, 3.63) is 59.7 Å². The number of carbonyl (C=O) groups excluding carboxylic acids is 2. The van der Waals surface area contributed by atoms with Crippen LogP contribution < -0.4 is 8.79 Å². The maximum atomic E-state index is 11.2. The number of benzene rings is 2. The summed E-state index contributed by atoms with van der Waals surface area (Å²) >= 11 is -2.63. The Bertz CT molecular complexity index is 564. The van der Waals surface area contributed by atoms with Crippen molar-refractivity contribution in [2.75, 3.05) is 0 Å². The predicted octanol–water partition coefficient (Wildman–Crippen LogP) is 2.13. The average Bonchev–Trinajstić information content (AvgIpc) is 2.47. The molecule has 2 aromatic rings. The van der Waals surface area contributed by atoms with E-state index in [2.05, 4.69) is 11.5 Å². The molecule has 0 aliphatic rings. The van der Waals surface area contributed by atoms with E-state index in [0.717, 1.165) is 32.5 Å². The van der Waals surface area contributed by atoms with Gasteiger partial charge in [0.1, 0.15) is 0 Å². The Morgan fingerprint density at radius 2 is 1.11 bits per heavy atom. The van der Waals surface area contributed by atoms with E-state index >= 15 is 0 Å². The molecular weight excluding hydrogens is 297 g/mol. The number of aldehydes is 2. The van der Waals surface area contributed by atoms with Gasteiger partial charge in [0.2, 0.25) is 0 Å². The second-order valence-corrected chi connectivity index (χ2v) is 14.1. The molecule has 96 valence electrons. The topological polar surface area (TPSA) is 34.1 Å². The van der Waals surface area contributed by atoms with Crippen LogP contribution in [-0.2, 0) is 0 Å². The molecular formula is C16H16GeO2. The SMILES string of the molecule is [CH3][Ge]([CH3])([c]1ccccc1C=O)[c]1ccccc1C=O. The molecule has 0 amide bonds. The summed E-state index contributed by atoms with van der Waals surface area (Å²) in [5.41, 5.74) is 1.49. The molecule has 0 N–H and O–H groups in total. The molecule has 0 spiro atoms. The quantitative estimate of drug-likeness (QED) is 0.640. The van der Waals surface area contributed by atoms with Crippen molar-refractivity contribution in [3.8, 4) is 0 Å². The molecule has 0 saturated carbocycles. The third kappa shape index (κ3) is 2.54. The summed E-state index contributed by atoms with van der Waals surface area (Å²) in [6, 6.07) is 15.4. The minimum atomic E-state index is -2.63. The Morgan fingerprint density at radius 3 is 1.47 bits per heavy atom. The van der Waals surface area contributed by atoms with Gasteiger partial charge in [-0.15, -0.1) is 0 Å². The van der Waals surface area contributed by atoms with Crippen molar-refractivity contribution in [1.29, 1.82) is 0 Å². The molecule has 0 heterocycles. The molecule has 3 heteroatoms. The Morgan fingerprint density at radius 1 is 0.737 bits per heavy atom. The number of hydrogen-bond donors (Lipinski definition) is 0. The Hall–Kier alpha value is -1.68. The first kappa shape index (κ1) is 13.7. The number of hydrogen-bond acceptors (Lipinski definition) is 2. The fourth-order valence-electron chi connectivity index (χ4n) is 2.48. The molecule has 0 fully saturated rings. The van der Waals surface area contributed by atoms with Crippen LogP contribution >= 0.6 is 0 Å². The van der Waals surface area contributed by atoms with Crippen molar-refractivity contribution in [3.63, 3.8) is 0 Å². The summed E-state index contributed by atoms with van der Waals surface area (Å²) in [6.07, 6.45) is 1.82. The summed E-state index contributed by atoms with van der Waals surface area (Å²) in [5, 5.41) is 0. The van der Waals surface area contributed by atoms with Crippen molar-refractivity contribution < 1.29 is 9.59 Å². The van der Waals surface area contributed by atoms with Crippen LogP contribution in [-0.4, -0.2) is 25.8 Å². The minimum absolute atomic E-state index is 0.744. The Kier molecular flexibility index (Phi) is 4.00. The monoisotopic (exact) mass is 314 g/mol. The van der Waals surface area contributed by atoms with Crippen LogP contribution in [0.1, 0.15) is 20.7 Å². The van der Waals surface area contributed by atoms with E-state index in [9.17, 15) is 9.59 Å². The van der Waals surface area contributed by atoms with Crippen LogP contribution in [0, 0.1) is 0 Å². The van der Waals surface area contributed by atoms with Crippen LogP contribution in [0.25, 0.3) is 0 Å². The molecule has 2 rings (SSSR count). The van der Waals surface area contributed by atoms with Crippen LogP contribution in [0.4, 0.5) is 0 Å². The standard InChI is InChI=1S/C16H16GeO2/c1-17(2,15-9-5-3-7-13(15)11-18)16-10-6-4-8-14(16)12-19/h3-12H,1-2H3. The van der Waals surface area contributed by atoms with E-state index in [1.807, 2.05) is 48.5 Å². The molecule has 2 aromatic carbocycles. The van der Waals surface area contributed by atoms with E-state index in [1.165, 1.54) is 0 Å². The molecule has 0 aliphatic heterocycles. The third-order valence-corrected chi connectivity index (χ3v) is 11.1. The van der Waals surface area contributed by atoms with Crippen molar-refractivity contribution >= 4 is 34.6 Å². The van der Waals surface area contributed by atoms with Gasteiger partial charge in [-0.2, -0.15) is 0 Å². The molecule has 2 nitrogen and oxygen atoms in total. The van der Waals surface area contributed by atoms with E-state index in [0.29, 0.717) is 0 Å². The molecule has 0 unspecified atom stereocenters. The van der Waals surface area contributed by atoms with Crippen molar-refractivity contribution in [2.24, 2.45) is 0 Å². The normalized spacial score (nSPS) is 11.1. The summed E-state index contributed by atoms with van der Waals surface area (Å²) in [5.74, 6) is 4.43. The van der Waals surface area contributed by atoms with Gasteiger partial charge < -0.3 is 0 Å². The average molecular weight is 313 g/mol. The number of carbonyl (C=O) groups is 2. The molecule has 0 aromatic heterocycles. The van der Waals surface area contributed by atoms with Gasteiger partial charge >= 0.3 is 115 Å². The third-order valence-electron chi connectivity index (χ3n) is 3.52. The molecule has 0 radical (unpaired) electrons. The van der Waals surface area contributed by atoms with Crippen LogP contribution in [0.15, 0.2) is 48.5 Å². The fraction of sp³-hybridized carbons (Fsp3) is 0.125. The van der Waals surface area contributed by atoms with E-state index in [1.54, 1.807) is 0 Å². The Balaban J connectivity index is 2.64. The van der Waals surface area contributed by atoms with Gasteiger partial charge in [-0.25, -0.2) is 0 Å². The van der Waals surface area contributed by atoms with E-state index in [-0.39, 0.29) is 0 Å². The van der Waals surface area contributed by atoms with Crippen LogP contribution in [0.5, 0.6) is 0 Å². The first-order valence-corrected chi connectivity index (χ1v) is 12.5. The molecule has 0 saturated heterocycles. The van der Waals surface area contributed by atoms with Gasteiger partial charge in [0.25, 0.3) is 0 Å². The number of rotatable bonds is 4. The van der Waals surface area contributed by atoms with Gasteiger partial charge in [-0.3, -0.25) is 0 Å². The molecule has 0 bridgehead atoms. The van der Waals surface area contributed by atoms with Crippen LogP contribution in [0.3, 0.4) is 0 Å². The van der Waals surface area contributed by atoms with E-state index < -0.39 is 13.3 Å². The van der Waals surface area contributed by atoms with Crippen molar-refractivity contribution in [1.82, 2.24) is 0 Å². The zero-order valence-corrected chi connectivity index (χ0v) is 13.2. The van der Waals surface area contributed by atoms with Gasteiger partial charge in [-0.05, 0) is 0 Å². The predicted molar refractivity (Wildman–Crippen MR) is 80.4 cm³/mol. The summed E-state index contributed by atoms with van der Waals surface area (Å²) < 4.78 is 2.23. The second-order valence-electron chi connectivity index (χ2n) is 5.04. The van der Waals surface area contributed by atoms with Crippen LogP contribution in [0.2, 0.25) is 11.5 Å².